The number of halogens is 1. The third-order valence-electron chi connectivity index (χ3n) is 3.28. The van der Waals surface area contributed by atoms with Gasteiger partial charge in [0.25, 0.3) is 0 Å². The third kappa shape index (κ3) is 3.16. The minimum atomic E-state index is 0.462. The summed E-state index contributed by atoms with van der Waals surface area (Å²) in [5, 5.41) is 0.462. The zero-order chi connectivity index (χ0) is 11.4. The van der Waals surface area contributed by atoms with E-state index in [1.807, 2.05) is 0 Å². The van der Waals surface area contributed by atoms with Gasteiger partial charge in [-0.15, -0.1) is 0 Å². The highest BCUT2D eigenvalue weighted by atomic mass is 35.5. The lowest BCUT2D eigenvalue weighted by atomic mass is 9.94. The summed E-state index contributed by atoms with van der Waals surface area (Å²) in [7, 11) is 2.17. The Kier molecular flexibility index (Phi) is 4.13. The van der Waals surface area contributed by atoms with Crippen LogP contribution in [0.2, 0.25) is 5.15 Å². The Balaban J connectivity index is 1.90. The van der Waals surface area contributed by atoms with E-state index in [2.05, 4.69) is 21.9 Å². The molecule has 0 atom stereocenters. The van der Waals surface area contributed by atoms with Crippen LogP contribution in [0.5, 0.6) is 0 Å². The zero-order valence-corrected chi connectivity index (χ0v) is 10.5. The van der Waals surface area contributed by atoms with E-state index in [9.17, 15) is 0 Å². The summed E-state index contributed by atoms with van der Waals surface area (Å²) in [5.74, 6) is 0. The first-order valence-corrected chi connectivity index (χ1v) is 6.30. The van der Waals surface area contributed by atoms with Crippen molar-refractivity contribution in [3.8, 4) is 0 Å². The molecule has 0 saturated heterocycles. The van der Waals surface area contributed by atoms with Crippen molar-refractivity contribution in [1.82, 2.24) is 14.9 Å². The van der Waals surface area contributed by atoms with Crippen LogP contribution in [0.1, 0.15) is 37.8 Å². The molecule has 1 heterocycles. The fraction of sp³-hybridized carbons (Fsp3) is 0.667. The van der Waals surface area contributed by atoms with Crippen LogP contribution in [0.25, 0.3) is 0 Å². The highest BCUT2D eigenvalue weighted by molar-refractivity contribution is 6.29. The van der Waals surface area contributed by atoms with E-state index in [1.165, 1.54) is 32.1 Å². The minimum absolute atomic E-state index is 0.462. The van der Waals surface area contributed by atoms with Crippen LogP contribution in [-0.4, -0.2) is 28.0 Å². The van der Waals surface area contributed by atoms with E-state index in [0.29, 0.717) is 11.2 Å². The maximum Gasteiger partial charge on any atom is 0.147 e. The molecule has 0 amide bonds. The lowest BCUT2D eigenvalue weighted by Gasteiger charge is -2.30. The van der Waals surface area contributed by atoms with Crippen molar-refractivity contribution in [3.63, 3.8) is 0 Å². The molecular formula is C12H18ClN3. The first-order valence-electron chi connectivity index (χ1n) is 5.92. The van der Waals surface area contributed by atoms with Gasteiger partial charge in [-0.1, -0.05) is 30.9 Å². The third-order valence-corrected chi connectivity index (χ3v) is 3.48. The highest BCUT2D eigenvalue weighted by Crippen LogP contribution is 2.22. The van der Waals surface area contributed by atoms with E-state index in [-0.39, 0.29) is 0 Å². The Morgan fingerprint density at radius 1 is 1.25 bits per heavy atom. The lowest BCUT2D eigenvalue weighted by Crippen LogP contribution is -2.33. The summed E-state index contributed by atoms with van der Waals surface area (Å²) in [4.78, 5) is 10.7. The molecule has 1 aromatic heterocycles. The summed E-state index contributed by atoms with van der Waals surface area (Å²) < 4.78 is 0. The fourth-order valence-electron chi connectivity index (χ4n) is 2.33. The Hall–Kier alpha value is -0.670. The SMILES string of the molecule is CN(Cc1cnc(Cl)cn1)C1CCCCC1. The summed E-state index contributed by atoms with van der Waals surface area (Å²) in [6, 6.07) is 0.714. The highest BCUT2D eigenvalue weighted by Gasteiger charge is 2.18. The molecule has 0 aromatic carbocycles. The van der Waals surface area contributed by atoms with Crippen molar-refractivity contribution in [2.75, 3.05) is 7.05 Å². The van der Waals surface area contributed by atoms with Crippen LogP contribution in [0.15, 0.2) is 12.4 Å². The summed E-state index contributed by atoms with van der Waals surface area (Å²) in [5.41, 5.74) is 0.998. The second kappa shape index (κ2) is 5.60. The van der Waals surface area contributed by atoms with Crippen LogP contribution < -0.4 is 0 Å². The predicted octanol–water partition coefficient (Wildman–Crippen LogP) is 2.89. The number of nitrogens with zero attached hydrogens (tertiary/aromatic N) is 3. The monoisotopic (exact) mass is 239 g/mol. The van der Waals surface area contributed by atoms with Crippen molar-refractivity contribution in [2.24, 2.45) is 0 Å². The van der Waals surface area contributed by atoms with Crippen LogP contribution in [0.4, 0.5) is 0 Å². The summed E-state index contributed by atoms with van der Waals surface area (Å²) >= 11 is 5.71. The number of rotatable bonds is 3. The Morgan fingerprint density at radius 3 is 2.62 bits per heavy atom. The van der Waals surface area contributed by atoms with Crippen LogP contribution in [0, 0.1) is 0 Å². The molecule has 1 saturated carbocycles. The molecule has 2 rings (SSSR count). The Labute approximate surface area is 102 Å². The molecule has 88 valence electrons. The zero-order valence-electron chi connectivity index (χ0n) is 9.69. The molecule has 1 aliphatic rings. The van der Waals surface area contributed by atoms with Crippen molar-refractivity contribution in [3.05, 3.63) is 23.2 Å². The van der Waals surface area contributed by atoms with Gasteiger partial charge in [-0.05, 0) is 19.9 Å². The molecule has 0 unspecified atom stereocenters. The normalized spacial score (nSPS) is 17.9. The van der Waals surface area contributed by atoms with Crippen molar-refractivity contribution >= 4 is 11.6 Å². The predicted molar refractivity (Wildman–Crippen MR) is 65.4 cm³/mol. The van der Waals surface area contributed by atoms with Crippen molar-refractivity contribution in [2.45, 2.75) is 44.7 Å². The average Bonchev–Trinajstić information content (AvgIpc) is 2.33. The van der Waals surface area contributed by atoms with Gasteiger partial charge in [0.15, 0.2) is 0 Å². The average molecular weight is 240 g/mol. The van der Waals surface area contributed by atoms with Crippen LogP contribution in [0.3, 0.4) is 0 Å². The van der Waals surface area contributed by atoms with Gasteiger partial charge in [0.2, 0.25) is 0 Å². The number of aromatic nitrogens is 2. The number of hydrogen-bond acceptors (Lipinski definition) is 3. The molecule has 1 fully saturated rings. The lowest BCUT2D eigenvalue weighted by molar-refractivity contribution is 0.182. The second-order valence-electron chi connectivity index (χ2n) is 4.54. The summed E-state index contributed by atoms with van der Waals surface area (Å²) in [6.45, 7) is 0.870. The molecule has 0 radical (unpaired) electrons. The van der Waals surface area contributed by atoms with E-state index in [0.717, 1.165) is 12.2 Å². The Morgan fingerprint density at radius 2 is 2.00 bits per heavy atom. The van der Waals surface area contributed by atoms with Gasteiger partial charge in [0.05, 0.1) is 18.1 Å². The fourth-order valence-corrected chi connectivity index (χ4v) is 2.42. The molecule has 4 heteroatoms. The molecule has 0 aliphatic heterocycles. The van der Waals surface area contributed by atoms with E-state index in [1.54, 1.807) is 12.4 Å². The van der Waals surface area contributed by atoms with Gasteiger partial charge < -0.3 is 0 Å². The Bertz CT molecular complexity index is 320. The van der Waals surface area contributed by atoms with Gasteiger partial charge in [-0.3, -0.25) is 9.88 Å². The standard InChI is InChI=1S/C12H18ClN3/c1-16(11-5-3-2-4-6-11)9-10-7-15-12(13)8-14-10/h7-8,11H,2-6,9H2,1H3. The van der Waals surface area contributed by atoms with Gasteiger partial charge in [0.1, 0.15) is 5.15 Å². The molecular weight excluding hydrogens is 222 g/mol. The first-order chi connectivity index (χ1) is 7.75. The topological polar surface area (TPSA) is 29.0 Å². The van der Waals surface area contributed by atoms with E-state index < -0.39 is 0 Å². The van der Waals surface area contributed by atoms with E-state index >= 15 is 0 Å². The van der Waals surface area contributed by atoms with Gasteiger partial charge in [-0.25, -0.2) is 4.98 Å². The van der Waals surface area contributed by atoms with Gasteiger partial charge >= 0.3 is 0 Å². The number of hydrogen-bond donors (Lipinski definition) is 0. The maximum absolute atomic E-state index is 5.71. The van der Waals surface area contributed by atoms with Crippen molar-refractivity contribution in [1.29, 1.82) is 0 Å². The molecule has 0 N–H and O–H groups in total. The second-order valence-corrected chi connectivity index (χ2v) is 4.92. The molecule has 1 aliphatic carbocycles. The molecule has 3 nitrogen and oxygen atoms in total. The molecule has 16 heavy (non-hydrogen) atoms. The largest absolute Gasteiger partial charge is 0.298 e. The molecule has 0 spiro atoms. The van der Waals surface area contributed by atoms with Crippen molar-refractivity contribution < 1.29 is 0 Å². The quantitative estimate of drug-likeness (QED) is 0.812. The van der Waals surface area contributed by atoms with E-state index in [4.69, 9.17) is 11.6 Å². The van der Waals surface area contributed by atoms with Crippen LogP contribution in [-0.2, 0) is 6.54 Å². The maximum atomic E-state index is 5.71. The minimum Gasteiger partial charge on any atom is -0.298 e. The summed E-state index contributed by atoms with van der Waals surface area (Å²) in [6.07, 6.45) is 10.1. The van der Waals surface area contributed by atoms with Gasteiger partial charge in [-0.2, -0.15) is 0 Å². The molecule has 0 bridgehead atoms. The van der Waals surface area contributed by atoms with Crippen LogP contribution >= 0.6 is 11.6 Å². The first kappa shape index (κ1) is 11.8. The molecule has 1 aromatic rings. The van der Waals surface area contributed by atoms with Gasteiger partial charge in [0, 0.05) is 12.6 Å². The smallest absolute Gasteiger partial charge is 0.147 e.